The number of hydrogen-bond acceptors (Lipinski definition) is 2. The first-order valence-electron chi connectivity index (χ1n) is 7.28. The van der Waals surface area contributed by atoms with Crippen molar-refractivity contribution in [2.24, 2.45) is 0 Å². The van der Waals surface area contributed by atoms with Gasteiger partial charge in [0.25, 0.3) is 0 Å². The van der Waals surface area contributed by atoms with Crippen molar-refractivity contribution in [1.29, 1.82) is 0 Å². The summed E-state index contributed by atoms with van der Waals surface area (Å²) in [4.78, 5) is 24.6. The Labute approximate surface area is 126 Å². The molecule has 1 aromatic rings. The third kappa shape index (κ3) is 5.42. The lowest BCUT2D eigenvalue weighted by Gasteiger charge is -2.27. The molecule has 0 aromatic heterocycles. The van der Waals surface area contributed by atoms with E-state index in [9.17, 15) is 9.59 Å². The highest BCUT2D eigenvalue weighted by Crippen LogP contribution is 2.20. The minimum absolute atomic E-state index is 0.0924. The van der Waals surface area contributed by atoms with Crippen molar-refractivity contribution in [3.8, 4) is 0 Å². The normalized spacial score (nSPS) is 11.0. The van der Waals surface area contributed by atoms with Gasteiger partial charge in [-0.25, -0.2) is 4.79 Å². The van der Waals surface area contributed by atoms with Gasteiger partial charge in [-0.1, -0.05) is 25.5 Å². The van der Waals surface area contributed by atoms with E-state index in [-0.39, 0.29) is 11.9 Å². The van der Waals surface area contributed by atoms with Gasteiger partial charge in [-0.15, -0.1) is 0 Å². The van der Waals surface area contributed by atoms with Gasteiger partial charge in [0.15, 0.2) is 0 Å². The molecular weight excluding hydrogens is 266 g/mol. The number of aliphatic carboxylic acids is 1. The van der Waals surface area contributed by atoms with Gasteiger partial charge in [0.1, 0.15) is 0 Å². The Hall–Kier alpha value is -2.10. The van der Waals surface area contributed by atoms with Crippen LogP contribution in [-0.4, -0.2) is 23.0 Å². The second-order valence-electron chi connectivity index (χ2n) is 5.22. The van der Waals surface area contributed by atoms with Crippen LogP contribution in [0.25, 0.3) is 6.08 Å². The maximum atomic E-state index is 12.3. The van der Waals surface area contributed by atoms with Crippen LogP contribution in [0.3, 0.4) is 0 Å². The smallest absolute Gasteiger partial charge is 0.328 e. The predicted octanol–water partition coefficient (Wildman–Crippen LogP) is 3.72. The molecule has 1 aromatic carbocycles. The first-order valence-corrected chi connectivity index (χ1v) is 7.28. The third-order valence-electron chi connectivity index (χ3n) is 3.12. The Kier molecular flexibility index (Phi) is 6.66. The van der Waals surface area contributed by atoms with Crippen LogP contribution in [-0.2, 0) is 9.59 Å². The van der Waals surface area contributed by atoms with Crippen LogP contribution in [0.2, 0.25) is 0 Å². The summed E-state index contributed by atoms with van der Waals surface area (Å²) in [6.45, 7) is 6.04. The summed E-state index contributed by atoms with van der Waals surface area (Å²) in [6, 6.07) is 7.43. The van der Waals surface area contributed by atoms with Gasteiger partial charge in [0.05, 0.1) is 0 Å². The Balaban J connectivity index is 2.89. The molecule has 0 bridgehead atoms. The van der Waals surface area contributed by atoms with E-state index in [1.165, 1.54) is 6.08 Å². The molecular formula is C17H23NO3. The monoisotopic (exact) mass is 289 g/mol. The quantitative estimate of drug-likeness (QED) is 0.778. The number of carboxylic acid groups (broad SMARTS) is 1. The van der Waals surface area contributed by atoms with Crippen LogP contribution in [0.4, 0.5) is 5.69 Å². The zero-order valence-corrected chi connectivity index (χ0v) is 12.9. The highest BCUT2D eigenvalue weighted by Gasteiger charge is 2.18. The molecule has 0 atom stereocenters. The largest absolute Gasteiger partial charge is 0.478 e. The lowest BCUT2D eigenvalue weighted by molar-refractivity contribution is -0.131. The van der Waals surface area contributed by atoms with Gasteiger partial charge in [0.2, 0.25) is 5.91 Å². The Morgan fingerprint density at radius 1 is 1.24 bits per heavy atom. The van der Waals surface area contributed by atoms with Crippen molar-refractivity contribution >= 4 is 23.6 Å². The number of benzene rings is 1. The molecule has 0 spiro atoms. The number of nitrogens with zero attached hydrogens (tertiary/aromatic N) is 1. The van der Waals surface area contributed by atoms with E-state index in [1.54, 1.807) is 4.90 Å². The van der Waals surface area contributed by atoms with Crippen molar-refractivity contribution < 1.29 is 14.7 Å². The zero-order chi connectivity index (χ0) is 15.8. The van der Waals surface area contributed by atoms with E-state index >= 15 is 0 Å². The number of carbonyl (C=O) groups is 2. The maximum Gasteiger partial charge on any atom is 0.328 e. The zero-order valence-electron chi connectivity index (χ0n) is 12.9. The summed E-state index contributed by atoms with van der Waals surface area (Å²) in [5.41, 5.74) is 1.64. The fraction of sp³-hybridized carbons (Fsp3) is 0.412. The van der Waals surface area contributed by atoms with Crippen molar-refractivity contribution in [2.45, 2.75) is 46.1 Å². The predicted molar refractivity (Wildman–Crippen MR) is 85.3 cm³/mol. The highest BCUT2D eigenvalue weighted by atomic mass is 16.4. The average Bonchev–Trinajstić information content (AvgIpc) is 2.44. The van der Waals surface area contributed by atoms with Gasteiger partial charge in [-0.2, -0.15) is 0 Å². The molecule has 4 nitrogen and oxygen atoms in total. The van der Waals surface area contributed by atoms with Gasteiger partial charge < -0.3 is 10.0 Å². The second kappa shape index (κ2) is 8.25. The molecule has 114 valence electrons. The fourth-order valence-electron chi connectivity index (χ4n) is 2.09. The Morgan fingerprint density at radius 3 is 2.33 bits per heavy atom. The van der Waals surface area contributed by atoms with Gasteiger partial charge in [-0.05, 0) is 44.0 Å². The van der Waals surface area contributed by atoms with E-state index in [2.05, 4.69) is 6.92 Å². The van der Waals surface area contributed by atoms with E-state index < -0.39 is 5.97 Å². The lowest BCUT2D eigenvalue weighted by atomic mass is 10.1. The molecule has 0 unspecified atom stereocenters. The molecule has 1 amide bonds. The van der Waals surface area contributed by atoms with Crippen LogP contribution in [0.15, 0.2) is 30.3 Å². The summed E-state index contributed by atoms with van der Waals surface area (Å²) < 4.78 is 0. The van der Waals surface area contributed by atoms with Gasteiger partial charge >= 0.3 is 5.97 Å². The van der Waals surface area contributed by atoms with Crippen LogP contribution < -0.4 is 4.90 Å². The first-order chi connectivity index (χ1) is 9.95. The molecule has 0 saturated heterocycles. The minimum Gasteiger partial charge on any atom is -0.478 e. The number of anilines is 1. The molecule has 0 saturated carbocycles. The molecule has 4 heteroatoms. The molecule has 0 heterocycles. The standard InChI is InChI=1S/C17H23NO3/c1-4-5-6-16(19)18(13(2)3)15-10-7-14(8-11-15)9-12-17(20)21/h7-13H,4-6H2,1-3H3,(H,20,21). The number of amides is 1. The number of rotatable bonds is 7. The number of unbranched alkanes of at least 4 members (excludes halogenated alkanes) is 1. The van der Waals surface area contributed by atoms with Crippen LogP contribution in [0, 0.1) is 0 Å². The second-order valence-corrected chi connectivity index (χ2v) is 5.22. The van der Waals surface area contributed by atoms with E-state index in [0.29, 0.717) is 6.42 Å². The molecule has 0 fully saturated rings. The molecule has 1 N–H and O–H groups in total. The summed E-state index contributed by atoms with van der Waals surface area (Å²) in [5.74, 6) is -0.849. The van der Waals surface area contributed by atoms with Crippen LogP contribution in [0.1, 0.15) is 45.6 Å². The summed E-state index contributed by atoms with van der Waals surface area (Å²) in [5, 5.41) is 8.61. The highest BCUT2D eigenvalue weighted by molar-refractivity contribution is 5.94. The molecule has 0 aliphatic carbocycles. The molecule has 0 radical (unpaired) electrons. The Morgan fingerprint density at radius 2 is 1.86 bits per heavy atom. The summed E-state index contributed by atoms with van der Waals surface area (Å²) in [7, 11) is 0. The van der Waals surface area contributed by atoms with E-state index in [0.717, 1.165) is 30.2 Å². The molecule has 21 heavy (non-hydrogen) atoms. The van der Waals surface area contributed by atoms with Crippen molar-refractivity contribution in [3.63, 3.8) is 0 Å². The summed E-state index contributed by atoms with van der Waals surface area (Å²) in [6.07, 6.45) is 5.07. The van der Waals surface area contributed by atoms with Crippen molar-refractivity contribution in [1.82, 2.24) is 0 Å². The van der Waals surface area contributed by atoms with E-state index in [4.69, 9.17) is 5.11 Å². The Bertz CT molecular complexity index is 503. The minimum atomic E-state index is -0.974. The van der Waals surface area contributed by atoms with Crippen LogP contribution >= 0.6 is 0 Å². The molecule has 1 rings (SSSR count). The van der Waals surface area contributed by atoms with Crippen molar-refractivity contribution in [3.05, 3.63) is 35.9 Å². The number of hydrogen-bond donors (Lipinski definition) is 1. The first kappa shape index (κ1) is 17.0. The topological polar surface area (TPSA) is 57.6 Å². The van der Waals surface area contributed by atoms with E-state index in [1.807, 2.05) is 38.1 Å². The average molecular weight is 289 g/mol. The molecule has 0 aliphatic rings. The number of carbonyl (C=O) groups excluding carboxylic acids is 1. The molecule has 0 aliphatic heterocycles. The van der Waals surface area contributed by atoms with Gasteiger partial charge in [-0.3, -0.25) is 4.79 Å². The SMILES string of the molecule is CCCCC(=O)N(c1ccc(C=CC(=O)O)cc1)C(C)C. The van der Waals surface area contributed by atoms with Gasteiger partial charge in [0, 0.05) is 24.2 Å². The maximum absolute atomic E-state index is 12.3. The summed E-state index contributed by atoms with van der Waals surface area (Å²) >= 11 is 0. The third-order valence-corrected chi connectivity index (χ3v) is 3.12. The van der Waals surface area contributed by atoms with Crippen molar-refractivity contribution in [2.75, 3.05) is 4.90 Å². The van der Waals surface area contributed by atoms with Crippen LogP contribution in [0.5, 0.6) is 0 Å². The fourth-order valence-corrected chi connectivity index (χ4v) is 2.09. The lowest BCUT2D eigenvalue weighted by Crippen LogP contribution is -2.36. The number of carboxylic acids is 1.